The summed E-state index contributed by atoms with van der Waals surface area (Å²) in [5.41, 5.74) is 2.00. The predicted molar refractivity (Wildman–Crippen MR) is 55.1 cm³/mol. The molecule has 0 aliphatic heterocycles. The van der Waals surface area contributed by atoms with Gasteiger partial charge in [0.15, 0.2) is 0 Å². The van der Waals surface area contributed by atoms with Crippen LogP contribution in [0.5, 0.6) is 0 Å². The lowest BCUT2D eigenvalue weighted by atomic mass is 10.0. The highest BCUT2D eigenvalue weighted by atomic mass is 79.9. The molecule has 70 valence electrons. The molecule has 0 fully saturated rings. The number of alkyl halides is 1. The Morgan fingerprint density at radius 3 is 2.38 bits per heavy atom. The third-order valence-electron chi connectivity index (χ3n) is 2.00. The molecule has 0 heterocycles. The Labute approximate surface area is 85.7 Å². The number of carbonyl (C=O) groups is 1. The summed E-state index contributed by atoms with van der Waals surface area (Å²) >= 11 is 3.33. The molecule has 1 N–H and O–H groups in total. The van der Waals surface area contributed by atoms with Crippen LogP contribution in [-0.4, -0.2) is 11.1 Å². The Hall–Kier alpha value is -0.830. The summed E-state index contributed by atoms with van der Waals surface area (Å²) in [6, 6.07) is 7.58. The fourth-order valence-corrected chi connectivity index (χ4v) is 1.41. The van der Waals surface area contributed by atoms with E-state index >= 15 is 0 Å². The third kappa shape index (κ3) is 2.56. The molecule has 0 bridgehead atoms. The number of hydrogen-bond acceptors (Lipinski definition) is 1. The van der Waals surface area contributed by atoms with Crippen molar-refractivity contribution in [3.63, 3.8) is 0 Å². The van der Waals surface area contributed by atoms with Crippen molar-refractivity contribution in [2.75, 3.05) is 0 Å². The van der Waals surface area contributed by atoms with E-state index in [-0.39, 0.29) is 0 Å². The van der Waals surface area contributed by atoms with Gasteiger partial charge in [0.25, 0.3) is 0 Å². The first kappa shape index (κ1) is 10.3. The minimum Gasteiger partial charge on any atom is -0.481 e. The minimum absolute atomic E-state index is 0.427. The molecule has 13 heavy (non-hydrogen) atoms. The number of carboxylic acids is 1. The molecule has 1 rings (SSSR count). The van der Waals surface area contributed by atoms with Crippen molar-refractivity contribution >= 4 is 21.9 Å². The summed E-state index contributed by atoms with van der Waals surface area (Å²) < 4.78 is 0. The fourth-order valence-electron chi connectivity index (χ4n) is 1.04. The van der Waals surface area contributed by atoms with Crippen molar-refractivity contribution in [3.8, 4) is 0 Å². The zero-order chi connectivity index (χ0) is 9.84. The van der Waals surface area contributed by atoms with Gasteiger partial charge in [-0.25, -0.2) is 0 Å². The molecule has 3 heteroatoms. The summed E-state index contributed by atoms with van der Waals surface area (Å²) in [7, 11) is 0. The molecule has 0 spiro atoms. The van der Waals surface area contributed by atoms with Gasteiger partial charge in [-0.3, -0.25) is 4.79 Å². The van der Waals surface area contributed by atoms with Crippen LogP contribution in [0.4, 0.5) is 0 Å². The van der Waals surface area contributed by atoms with Gasteiger partial charge in [-0.1, -0.05) is 40.2 Å². The van der Waals surface area contributed by atoms with E-state index in [4.69, 9.17) is 5.11 Å². The first-order valence-corrected chi connectivity index (χ1v) is 5.15. The van der Waals surface area contributed by atoms with Crippen molar-refractivity contribution in [1.29, 1.82) is 0 Å². The highest BCUT2D eigenvalue weighted by molar-refractivity contribution is 9.08. The van der Waals surface area contributed by atoms with Gasteiger partial charge >= 0.3 is 5.97 Å². The summed E-state index contributed by atoms with van der Waals surface area (Å²) in [6.45, 7) is 1.69. The van der Waals surface area contributed by atoms with Crippen molar-refractivity contribution < 1.29 is 9.90 Å². The molecule has 2 nitrogen and oxygen atoms in total. The first-order chi connectivity index (χ1) is 6.15. The lowest BCUT2D eigenvalue weighted by Gasteiger charge is -2.06. The van der Waals surface area contributed by atoms with Crippen LogP contribution in [0.1, 0.15) is 24.0 Å². The predicted octanol–water partition coefficient (Wildman–Crippen LogP) is 2.77. The lowest BCUT2D eigenvalue weighted by Crippen LogP contribution is -2.06. The molecule has 0 radical (unpaired) electrons. The monoisotopic (exact) mass is 242 g/mol. The molecule has 0 amide bonds. The average molecular weight is 243 g/mol. The zero-order valence-corrected chi connectivity index (χ0v) is 8.91. The van der Waals surface area contributed by atoms with Gasteiger partial charge in [-0.2, -0.15) is 0 Å². The summed E-state index contributed by atoms with van der Waals surface area (Å²) in [6.07, 6.45) is 0. The number of benzene rings is 1. The molecule has 0 aliphatic rings. The van der Waals surface area contributed by atoms with Crippen LogP contribution in [0, 0.1) is 0 Å². The summed E-state index contributed by atoms with van der Waals surface area (Å²) in [4.78, 5) is 10.6. The van der Waals surface area contributed by atoms with Crippen molar-refractivity contribution in [3.05, 3.63) is 35.4 Å². The van der Waals surface area contributed by atoms with Gasteiger partial charge in [0.05, 0.1) is 5.92 Å². The molecule has 1 aromatic rings. The van der Waals surface area contributed by atoms with Gasteiger partial charge in [0.2, 0.25) is 0 Å². The van der Waals surface area contributed by atoms with Gasteiger partial charge in [-0.05, 0) is 18.1 Å². The smallest absolute Gasteiger partial charge is 0.310 e. The van der Waals surface area contributed by atoms with Gasteiger partial charge in [-0.15, -0.1) is 0 Å². The average Bonchev–Trinajstić information content (AvgIpc) is 2.17. The third-order valence-corrected chi connectivity index (χ3v) is 2.65. The van der Waals surface area contributed by atoms with E-state index in [1.54, 1.807) is 6.92 Å². The number of carboxylic acid groups (broad SMARTS) is 1. The second-order valence-electron chi connectivity index (χ2n) is 2.94. The van der Waals surface area contributed by atoms with Crippen molar-refractivity contribution in [2.45, 2.75) is 18.2 Å². The topological polar surface area (TPSA) is 37.3 Å². The Balaban J connectivity index is 2.85. The van der Waals surface area contributed by atoms with E-state index in [0.29, 0.717) is 0 Å². The zero-order valence-electron chi connectivity index (χ0n) is 7.33. The number of halogens is 1. The quantitative estimate of drug-likeness (QED) is 0.829. The van der Waals surface area contributed by atoms with Gasteiger partial charge in [0, 0.05) is 5.33 Å². The van der Waals surface area contributed by atoms with Crippen LogP contribution in [0.25, 0.3) is 0 Å². The number of aliphatic carboxylic acids is 1. The van der Waals surface area contributed by atoms with Crippen LogP contribution >= 0.6 is 15.9 Å². The number of rotatable bonds is 3. The van der Waals surface area contributed by atoms with E-state index in [0.717, 1.165) is 16.5 Å². The van der Waals surface area contributed by atoms with Crippen molar-refractivity contribution in [1.82, 2.24) is 0 Å². The molecule has 0 saturated heterocycles. The van der Waals surface area contributed by atoms with E-state index in [1.165, 1.54) is 0 Å². The highest BCUT2D eigenvalue weighted by Crippen LogP contribution is 2.16. The van der Waals surface area contributed by atoms with E-state index < -0.39 is 11.9 Å². The summed E-state index contributed by atoms with van der Waals surface area (Å²) in [5.74, 6) is -1.21. The molecule has 0 saturated carbocycles. The van der Waals surface area contributed by atoms with Gasteiger partial charge < -0.3 is 5.11 Å². The largest absolute Gasteiger partial charge is 0.481 e. The maximum Gasteiger partial charge on any atom is 0.310 e. The summed E-state index contributed by atoms with van der Waals surface area (Å²) in [5, 5.41) is 9.55. The van der Waals surface area contributed by atoms with Crippen LogP contribution in [0.2, 0.25) is 0 Å². The molecule has 0 aliphatic carbocycles. The minimum atomic E-state index is -0.786. The lowest BCUT2D eigenvalue weighted by molar-refractivity contribution is -0.138. The first-order valence-electron chi connectivity index (χ1n) is 4.02. The maximum absolute atomic E-state index is 10.6. The Morgan fingerprint density at radius 2 is 2.00 bits per heavy atom. The van der Waals surface area contributed by atoms with Crippen LogP contribution in [-0.2, 0) is 10.1 Å². The fraction of sp³-hybridized carbons (Fsp3) is 0.300. The molecule has 0 unspecified atom stereocenters. The second kappa shape index (κ2) is 4.42. The Kier molecular flexibility index (Phi) is 3.48. The van der Waals surface area contributed by atoms with Crippen LogP contribution in [0.3, 0.4) is 0 Å². The molecule has 1 aromatic carbocycles. The molecular weight excluding hydrogens is 232 g/mol. The van der Waals surface area contributed by atoms with Crippen LogP contribution < -0.4 is 0 Å². The second-order valence-corrected chi connectivity index (χ2v) is 3.50. The van der Waals surface area contributed by atoms with E-state index in [1.807, 2.05) is 24.3 Å². The van der Waals surface area contributed by atoms with Crippen LogP contribution in [0.15, 0.2) is 24.3 Å². The standard InChI is InChI=1S/C10H11BrO2/c1-7(10(12)13)9-4-2-8(6-11)3-5-9/h2-5,7H,6H2,1H3,(H,12,13)/t7-/m0/s1. The van der Waals surface area contributed by atoms with Crippen molar-refractivity contribution in [2.24, 2.45) is 0 Å². The molecular formula is C10H11BrO2. The maximum atomic E-state index is 10.6. The Bertz CT molecular complexity index is 292. The molecule has 0 aromatic heterocycles. The van der Waals surface area contributed by atoms with E-state index in [2.05, 4.69) is 15.9 Å². The van der Waals surface area contributed by atoms with Gasteiger partial charge in [0.1, 0.15) is 0 Å². The highest BCUT2D eigenvalue weighted by Gasteiger charge is 2.12. The van der Waals surface area contributed by atoms with E-state index in [9.17, 15) is 4.79 Å². The number of hydrogen-bond donors (Lipinski definition) is 1. The Morgan fingerprint density at radius 1 is 1.46 bits per heavy atom. The molecule has 1 atom stereocenters. The SMILES string of the molecule is C[C@H](C(=O)O)c1ccc(CBr)cc1. The normalized spacial score (nSPS) is 12.5.